The van der Waals surface area contributed by atoms with E-state index in [1.807, 2.05) is 0 Å². The number of hydrogen-bond donors (Lipinski definition) is 7. The number of nitrogens with zero attached hydrogens (tertiary/aromatic N) is 3. The third-order valence-electron chi connectivity index (χ3n) is 6.74. The summed E-state index contributed by atoms with van der Waals surface area (Å²) in [4.78, 5) is 49.6. The fourth-order valence-electron chi connectivity index (χ4n) is 4.66. The second-order valence-electron chi connectivity index (χ2n) is 10.2. The van der Waals surface area contributed by atoms with Crippen LogP contribution >= 0.6 is 0 Å². The molecule has 2 amide bonds. The van der Waals surface area contributed by atoms with E-state index in [0.717, 1.165) is 20.8 Å². The van der Waals surface area contributed by atoms with Crippen molar-refractivity contribution in [2.45, 2.75) is 101 Å². The summed E-state index contributed by atoms with van der Waals surface area (Å²) in [5.74, 6) is -7.04. The minimum atomic E-state index is -2.87. The van der Waals surface area contributed by atoms with E-state index in [9.17, 15) is 49.8 Å². The van der Waals surface area contributed by atoms with Crippen LogP contribution in [0.25, 0.3) is 10.4 Å². The van der Waals surface area contributed by atoms with Crippen LogP contribution in [0.2, 0.25) is 0 Å². The van der Waals surface area contributed by atoms with Crippen LogP contribution in [0.5, 0.6) is 0 Å². The SMILES string of the molecule is CC(=O)N[C@H]1[C@@H](OCCCN=[N+]=[N-])O[C@H](CO[C@]2(C(=O)[O-])C[C@H](O)[C@@H](NC(C)=O)[C@H]([C@H](O)[C@H](O)COC(C)=O)O2)[C@H](O)[C@@H]1O.[Na+]. The monoisotopic (exact) mass is 659 g/mol. The van der Waals surface area contributed by atoms with Crippen molar-refractivity contribution in [2.75, 3.05) is 26.4 Å². The number of aliphatic carboxylic acids is 1. The van der Waals surface area contributed by atoms with Gasteiger partial charge in [-0.3, -0.25) is 14.4 Å². The van der Waals surface area contributed by atoms with Gasteiger partial charge in [0.05, 0.1) is 18.8 Å². The smallest absolute Gasteiger partial charge is 0.544 e. The topological polar surface area (TPSA) is 311 Å². The van der Waals surface area contributed by atoms with E-state index in [-0.39, 0.29) is 49.1 Å². The number of aliphatic hydroxyl groups is 5. The average Bonchev–Trinajstić information content (AvgIpc) is 2.94. The minimum Gasteiger partial charge on any atom is -0.544 e. The second-order valence-corrected chi connectivity index (χ2v) is 10.2. The molecule has 2 aliphatic rings. The van der Waals surface area contributed by atoms with Crippen molar-refractivity contribution in [1.29, 1.82) is 0 Å². The van der Waals surface area contributed by atoms with Gasteiger partial charge in [-0.25, -0.2) is 0 Å². The van der Waals surface area contributed by atoms with Crippen LogP contribution in [0, 0.1) is 0 Å². The molecule has 0 unspecified atom stereocenters. The molecule has 250 valence electrons. The number of carboxylic acids is 1. The Balaban J connectivity index is 0.0000101. The van der Waals surface area contributed by atoms with Crippen molar-refractivity contribution in [3.63, 3.8) is 0 Å². The molecule has 20 nitrogen and oxygen atoms in total. The molecule has 0 spiro atoms. The fourth-order valence-corrected chi connectivity index (χ4v) is 4.66. The van der Waals surface area contributed by atoms with Crippen LogP contribution in [-0.4, -0.2) is 143 Å². The van der Waals surface area contributed by atoms with Crippen LogP contribution in [0.3, 0.4) is 0 Å². The van der Waals surface area contributed by atoms with Crippen molar-refractivity contribution >= 4 is 23.8 Å². The number of hydrogen-bond acceptors (Lipinski definition) is 16. The molecule has 0 aromatic carbocycles. The first-order valence-electron chi connectivity index (χ1n) is 13.5. The van der Waals surface area contributed by atoms with Crippen molar-refractivity contribution < 1.29 is 103 Å². The first-order chi connectivity index (χ1) is 20.6. The van der Waals surface area contributed by atoms with Gasteiger partial charge in [0.25, 0.3) is 0 Å². The Hall–Kier alpha value is -2.17. The zero-order valence-corrected chi connectivity index (χ0v) is 27.2. The summed E-state index contributed by atoms with van der Waals surface area (Å²) in [6.07, 6.45) is -14.7. The second kappa shape index (κ2) is 18.8. The van der Waals surface area contributed by atoms with Crippen LogP contribution < -0.4 is 45.3 Å². The van der Waals surface area contributed by atoms with Gasteiger partial charge < -0.3 is 69.8 Å². The van der Waals surface area contributed by atoms with Gasteiger partial charge in [-0.2, -0.15) is 0 Å². The van der Waals surface area contributed by atoms with Crippen LogP contribution in [0.1, 0.15) is 33.6 Å². The van der Waals surface area contributed by atoms with E-state index in [1.54, 1.807) is 0 Å². The average molecular weight is 660 g/mol. The van der Waals surface area contributed by atoms with Gasteiger partial charge in [0.1, 0.15) is 55.2 Å². The number of carbonyl (C=O) groups excluding carboxylic acids is 4. The normalized spacial score (nSPS) is 32.5. The predicted octanol–water partition coefficient (Wildman–Crippen LogP) is -7.94. The number of rotatable bonds is 15. The Morgan fingerprint density at radius 3 is 2.27 bits per heavy atom. The van der Waals surface area contributed by atoms with Crippen LogP contribution in [0.4, 0.5) is 0 Å². The Morgan fingerprint density at radius 2 is 1.71 bits per heavy atom. The minimum absolute atomic E-state index is 0. The molecular weight excluding hydrogens is 621 g/mol. The number of aliphatic hydroxyl groups excluding tert-OH is 5. The molecule has 45 heavy (non-hydrogen) atoms. The molecule has 21 heteroatoms. The zero-order chi connectivity index (χ0) is 33.2. The molecule has 0 saturated carbocycles. The third kappa shape index (κ3) is 11.5. The molecule has 0 aromatic heterocycles. The van der Waals surface area contributed by atoms with E-state index in [4.69, 9.17) is 24.5 Å². The van der Waals surface area contributed by atoms with E-state index in [2.05, 4.69) is 25.4 Å². The first-order valence-corrected chi connectivity index (χ1v) is 13.5. The summed E-state index contributed by atoms with van der Waals surface area (Å²) in [6, 6.07) is -2.76. The largest absolute Gasteiger partial charge is 1.00 e. The zero-order valence-electron chi connectivity index (χ0n) is 25.2. The maximum Gasteiger partial charge on any atom is 1.00 e. The number of azide groups is 1. The number of esters is 1. The molecule has 7 N–H and O–H groups in total. The molecule has 2 fully saturated rings. The van der Waals surface area contributed by atoms with Gasteiger partial charge in [0.15, 0.2) is 6.29 Å². The van der Waals surface area contributed by atoms with Crippen molar-refractivity contribution in [1.82, 2.24) is 10.6 Å². The maximum absolute atomic E-state index is 12.4. The van der Waals surface area contributed by atoms with Crippen LogP contribution in [0.15, 0.2) is 5.11 Å². The maximum atomic E-state index is 12.4. The van der Waals surface area contributed by atoms with E-state index in [0.29, 0.717) is 0 Å². The predicted molar refractivity (Wildman–Crippen MR) is 138 cm³/mol. The number of carboxylic acid groups (broad SMARTS) is 1. The molecule has 2 rings (SSSR count). The number of ether oxygens (including phenoxy) is 5. The standard InChI is InChI=1S/C24H39N5O15.Na/c1-10(30)27-16-13(33)7-24(23(38)39,44-21(16)18(35)14(34)8-41-12(3)32)42-9-15-19(36)20(37)17(28-11(2)31)22(43-15)40-6-4-5-26-29-25;/h13-22,33-37H,4-9H2,1-3H3,(H,27,30)(H,28,31)(H,38,39);/q;+1/p-1/t13-,14+,15+,16+,17+,18+,19-,20+,21+,22-,24+;/m0./s1. The summed E-state index contributed by atoms with van der Waals surface area (Å²) < 4.78 is 26.9. The van der Waals surface area contributed by atoms with Gasteiger partial charge in [0.2, 0.25) is 17.6 Å². The number of carbonyl (C=O) groups is 4. The van der Waals surface area contributed by atoms with Gasteiger partial charge >= 0.3 is 35.5 Å². The van der Waals surface area contributed by atoms with E-state index >= 15 is 0 Å². The van der Waals surface area contributed by atoms with Gasteiger partial charge in [-0.15, -0.1) is 0 Å². The van der Waals surface area contributed by atoms with Crippen LogP contribution in [-0.2, 0) is 42.9 Å². The van der Waals surface area contributed by atoms with E-state index in [1.165, 1.54) is 0 Å². The molecule has 2 heterocycles. The van der Waals surface area contributed by atoms with Gasteiger partial charge in [0, 0.05) is 45.3 Å². The fraction of sp³-hybridized carbons (Fsp3) is 0.833. The molecule has 0 aromatic rings. The van der Waals surface area contributed by atoms with Gasteiger partial charge in [-0.1, -0.05) is 5.11 Å². The Bertz CT molecular complexity index is 1070. The van der Waals surface area contributed by atoms with Crippen molar-refractivity contribution in [3.05, 3.63) is 10.4 Å². The summed E-state index contributed by atoms with van der Waals surface area (Å²) in [5.41, 5.74) is 8.40. The molecule has 2 saturated heterocycles. The number of nitrogens with one attached hydrogen (secondary N) is 2. The molecule has 2 aliphatic heterocycles. The van der Waals surface area contributed by atoms with Crippen molar-refractivity contribution in [3.8, 4) is 0 Å². The Kier molecular flexibility index (Phi) is 17.1. The third-order valence-corrected chi connectivity index (χ3v) is 6.74. The summed E-state index contributed by atoms with van der Waals surface area (Å²) >= 11 is 0. The Labute approximate surface area is 279 Å². The molecule has 11 atom stereocenters. The molecular formula is C24H38N5NaO15. The molecule has 0 radical (unpaired) electrons. The first kappa shape index (κ1) is 40.9. The van der Waals surface area contributed by atoms with Crippen molar-refractivity contribution in [2.24, 2.45) is 5.11 Å². The Morgan fingerprint density at radius 1 is 1.09 bits per heavy atom. The molecule has 0 bridgehead atoms. The summed E-state index contributed by atoms with van der Waals surface area (Å²) in [6.45, 7) is 1.62. The summed E-state index contributed by atoms with van der Waals surface area (Å²) in [5, 5.41) is 73.7. The summed E-state index contributed by atoms with van der Waals surface area (Å²) in [7, 11) is 0. The van der Waals surface area contributed by atoms with Gasteiger partial charge in [-0.05, 0) is 12.0 Å². The van der Waals surface area contributed by atoms with E-state index < -0.39 is 110 Å². The molecule has 0 aliphatic carbocycles. The quantitative estimate of drug-likeness (QED) is 0.0214. The number of amides is 2.